The lowest BCUT2D eigenvalue weighted by molar-refractivity contribution is 0.0524. The van der Waals surface area contributed by atoms with Crippen LogP contribution < -0.4 is 0 Å². The Kier molecular flexibility index (Phi) is 4.69. The van der Waals surface area contributed by atoms with Crippen LogP contribution in [0.15, 0.2) is 0 Å². The number of nitrogens with zero attached hydrogens (tertiary/aromatic N) is 2. The van der Waals surface area contributed by atoms with Gasteiger partial charge in [0.25, 0.3) is 0 Å². The van der Waals surface area contributed by atoms with Gasteiger partial charge in [0.15, 0.2) is 0 Å². The van der Waals surface area contributed by atoms with Crippen molar-refractivity contribution in [2.45, 2.75) is 62.6 Å². The summed E-state index contributed by atoms with van der Waals surface area (Å²) < 4.78 is 0.309. The molecule has 2 nitrogen and oxygen atoms in total. The molecule has 0 saturated carbocycles. The first-order valence-electron chi connectivity index (χ1n) is 6.29. The summed E-state index contributed by atoms with van der Waals surface area (Å²) >= 11 is 2.55. The van der Waals surface area contributed by atoms with Gasteiger partial charge in [-0.3, -0.25) is 9.80 Å². The van der Waals surface area contributed by atoms with Crippen molar-refractivity contribution < 1.29 is 0 Å². The molecule has 1 heterocycles. The van der Waals surface area contributed by atoms with Gasteiger partial charge in [-0.05, 0) is 54.5 Å². The molecule has 0 aromatic carbocycles. The van der Waals surface area contributed by atoms with E-state index in [9.17, 15) is 0 Å². The molecule has 0 unspecified atom stereocenters. The van der Waals surface area contributed by atoms with Gasteiger partial charge in [0, 0.05) is 24.7 Å². The van der Waals surface area contributed by atoms with Crippen molar-refractivity contribution in [2.75, 3.05) is 20.1 Å². The second kappa shape index (κ2) is 5.11. The molecule has 0 aliphatic carbocycles. The van der Waals surface area contributed by atoms with Gasteiger partial charge in [-0.2, -0.15) is 0 Å². The lowest BCUT2D eigenvalue weighted by Crippen LogP contribution is -2.53. The summed E-state index contributed by atoms with van der Waals surface area (Å²) in [6.07, 6.45) is 2.61. The third-order valence-electron chi connectivity index (χ3n) is 3.82. The van der Waals surface area contributed by atoms with E-state index in [0.717, 1.165) is 6.04 Å². The maximum atomic E-state index is 2.60. The molecule has 0 aromatic rings. The highest BCUT2D eigenvalue weighted by Gasteiger charge is 2.32. The highest BCUT2D eigenvalue weighted by molar-refractivity contribution is 14.1. The van der Waals surface area contributed by atoms with E-state index in [4.69, 9.17) is 0 Å². The van der Waals surface area contributed by atoms with E-state index < -0.39 is 0 Å². The summed E-state index contributed by atoms with van der Waals surface area (Å²) in [5, 5.41) is 0. The molecule has 0 bridgehead atoms. The zero-order valence-corrected chi connectivity index (χ0v) is 13.8. The first-order chi connectivity index (χ1) is 7.12. The molecular weight excluding hydrogens is 311 g/mol. The van der Waals surface area contributed by atoms with Crippen LogP contribution in [0.5, 0.6) is 0 Å². The van der Waals surface area contributed by atoms with E-state index in [1.54, 1.807) is 0 Å². The second-order valence-corrected chi connectivity index (χ2v) is 9.05. The Labute approximate surface area is 115 Å². The number of rotatable bonds is 2. The summed E-state index contributed by atoms with van der Waals surface area (Å²) in [6.45, 7) is 14.0. The van der Waals surface area contributed by atoms with Crippen LogP contribution in [0.1, 0.15) is 47.5 Å². The maximum absolute atomic E-state index is 2.60. The maximum Gasteiger partial charge on any atom is 0.0673 e. The van der Waals surface area contributed by atoms with Crippen molar-refractivity contribution in [3.8, 4) is 0 Å². The molecule has 1 fully saturated rings. The van der Waals surface area contributed by atoms with Crippen molar-refractivity contribution in [1.82, 2.24) is 9.80 Å². The fourth-order valence-corrected chi connectivity index (χ4v) is 2.82. The lowest BCUT2D eigenvalue weighted by atomic mass is 9.97. The lowest BCUT2D eigenvalue weighted by Gasteiger charge is -2.45. The molecule has 0 spiro atoms. The average molecular weight is 338 g/mol. The summed E-state index contributed by atoms with van der Waals surface area (Å²) in [6, 6.07) is 0.759. The molecule has 3 heteroatoms. The van der Waals surface area contributed by atoms with Gasteiger partial charge in [-0.1, -0.05) is 22.6 Å². The van der Waals surface area contributed by atoms with Crippen molar-refractivity contribution in [2.24, 2.45) is 0 Å². The van der Waals surface area contributed by atoms with Crippen LogP contribution in [0, 0.1) is 0 Å². The number of hydrogen-bond donors (Lipinski definition) is 0. The number of alkyl halides is 1. The molecule has 1 saturated heterocycles. The predicted molar refractivity (Wildman–Crippen MR) is 80.2 cm³/mol. The molecule has 0 radical (unpaired) electrons. The van der Waals surface area contributed by atoms with E-state index in [2.05, 4.69) is 74.1 Å². The first-order valence-corrected chi connectivity index (χ1v) is 7.37. The Hall–Kier alpha value is 0.650. The van der Waals surface area contributed by atoms with Gasteiger partial charge in [-0.25, -0.2) is 0 Å². The SMILES string of the molecule is CN(C1CCN(C(C)(C)I)CC1)C(C)(C)C. The van der Waals surface area contributed by atoms with Crippen LogP contribution in [0.2, 0.25) is 0 Å². The normalized spacial score (nSPS) is 21.8. The van der Waals surface area contributed by atoms with E-state index in [0.29, 0.717) is 9.08 Å². The Morgan fingerprint density at radius 2 is 1.50 bits per heavy atom. The third kappa shape index (κ3) is 3.84. The zero-order valence-electron chi connectivity index (χ0n) is 11.7. The van der Waals surface area contributed by atoms with E-state index in [1.807, 2.05) is 0 Å². The molecule has 1 aliphatic heterocycles. The van der Waals surface area contributed by atoms with Crippen LogP contribution >= 0.6 is 22.6 Å². The minimum absolute atomic E-state index is 0.298. The molecule has 0 atom stereocenters. The molecule has 1 aliphatic rings. The predicted octanol–water partition coefficient (Wildman–Crippen LogP) is 3.35. The number of hydrogen-bond acceptors (Lipinski definition) is 2. The molecular formula is C13H27IN2. The summed E-state index contributed by atoms with van der Waals surface area (Å²) in [5.74, 6) is 0. The minimum Gasteiger partial charge on any atom is -0.298 e. The number of piperidine rings is 1. The third-order valence-corrected chi connectivity index (χ3v) is 4.50. The van der Waals surface area contributed by atoms with Crippen LogP contribution in [0.4, 0.5) is 0 Å². The summed E-state index contributed by atoms with van der Waals surface area (Å²) in [7, 11) is 2.27. The quantitative estimate of drug-likeness (QED) is 0.433. The van der Waals surface area contributed by atoms with Crippen molar-refractivity contribution >= 4 is 22.6 Å². The van der Waals surface area contributed by atoms with Crippen LogP contribution in [0.3, 0.4) is 0 Å². The minimum atomic E-state index is 0.298. The van der Waals surface area contributed by atoms with Gasteiger partial charge >= 0.3 is 0 Å². The highest BCUT2D eigenvalue weighted by atomic mass is 127. The van der Waals surface area contributed by atoms with E-state index >= 15 is 0 Å². The molecule has 96 valence electrons. The van der Waals surface area contributed by atoms with E-state index in [1.165, 1.54) is 25.9 Å². The van der Waals surface area contributed by atoms with Crippen LogP contribution in [-0.4, -0.2) is 45.1 Å². The zero-order chi connectivity index (χ0) is 12.6. The molecule has 0 amide bonds. The van der Waals surface area contributed by atoms with Gasteiger partial charge in [-0.15, -0.1) is 0 Å². The largest absolute Gasteiger partial charge is 0.298 e. The smallest absolute Gasteiger partial charge is 0.0673 e. The second-order valence-electron chi connectivity index (χ2n) is 6.41. The molecule has 16 heavy (non-hydrogen) atoms. The average Bonchev–Trinajstić information content (AvgIpc) is 2.14. The van der Waals surface area contributed by atoms with Crippen molar-refractivity contribution in [1.29, 1.82) is 0 Å². The number of likely N-dealkylation sites (tertiary alicyclic amines) is 1. The topological polar surface area (TPSA) is 6.48 Å². The summed E-state index contributed by atoms with van der Waals surface area (Å²) in [4.78, 5) is 5.14. The Bertz CT molecular complexity index is 219. The molecule has 1 rings (SSSR count). The Morgan fingerprint density at radius 3 is 1.81 bits per heavy atom. The Morgan fingerprint density at radius 1 is 1.06 bits per heavy atom. The van der Waals surface area contributed by atoms with Gasteiger partial charge < -0.3 is 0 Å². The van der Waals surface area contributed by atoms with E-state index in [-0.39, 0.29) is 0 Å². The fraction of sp³-hybridized carbons (Fsp3) is 1.00. The molecule has 0 N–H and O–H groups in total. The molecule has 0 aromatic heterocycles. The summed E-state index contributed by atoms with van der Waals surface area (Å²) in [5.41, 5.74) is 0.298. The van der Waals surface area contributed by atoms with Gasteiger partial charge in [0.2, 0.25) is 0 Å². The monoisotopic (exact) mass is 338 g/mol. The number of halogens is 1. The van der Waals surface area contributed by atoms with Gasteiger partial charge in [0.05, 0.1) is 3.55 Å². The first kappa shape index (κ1) is 14.7. The van der Waals surface area contributed by atoms with Crippen molar-refractivity contribution in [3.63, 3.8) is 0 Å². The van der Waals surface area contributed by atoms with Crippen LogP contribution in [-0.2, 0) is 0 Å². The fourth-order valence-electron chi connectivity index (χ4n) is 2.33. The van der Waals surface area contributed by atoms with Crippen molar-refractivity contribution in [3.05, 3.63) is 0 Å². The standard InChI is InChI=1S/C13H27IN2/c1-12(2,3)15(6)11-7-9-16(10-8-11)13(4,5)14/h11H,7-10H2,1-6H3. The van der Waals surface area contributed by atoms with Crippen LogP contribution in [0.25, 0.3) is 0 Å². The Balaban J connectivity index is 2.50. The highest BCUT2D eigenvalue weighted by Crippen LogP contribution is 2.29. The van der Waals surface area contributed by atoms with Gasteiger partial charge in [0.1, 0.15) is 0 Å².